The highest BCUT2D eigenvalue weighted by Crippen LogP contribution is 2.31. The predicted molar refractivity (Wildman–Crippen MR) is 115 cm³/mol. The minimum Gasteiger partial charge on any atom is -0.497 e. The number of nitrogens with one attached hydrogen (secondary N) is 2. The van der Waals surface area contributed by atoms with Crippen LogP contribution in [0.4, 0.5) is 17.3 Å². The van der Waals surface area contributed by atoms with E-state index >= 15 is 0 Å². The monoisotopic (exact) mass is 394 g/mol. The lowest BCUT2D eigenvalue weighted by molar-refractivity contribution is 0.395. The maximum absolute atomic E-state index is 5.44. The van der Waals surface area contributed by atoms with Crippen molar-refractivity contribution in [2.75, 3.05) is 38.5 Å². The van der Waals surface area contributed by atoms with E-state index in [2.05, 4.69) is 26.7 Å². The Hall–Kier alpha value is -3.48. The Morgan fingerprint density at radius 1 is 0.828 bits per heavy atom. The minimum absolute atomic E-state index is 0.673. The normalized spacial score (nSPS) is 10.3. The molecule has 3 aromatic rings. The summed E-state index contributed by atoms with van der Waals surface area (Å²) in [6.07, 6.45) is 0.856. The first-order valence-electron chi connectivity index (χ1n) is 9.33. The van der Waals surface area contributed by atoms with Crippen LogP contribution in [0.2, 0.25) is 0 Å². The molecule has 1 aromatic heterocycles. The first-order chi connectivity index (χ1) is 14.1. The van der Waals surface area contributed by atoms with Crippen molar-refractivity contribution in [3.8, 4) is 17.2 Å². The van der Waals surface area contributed by atoms with Gasteiger partial charge in [0, 0.05) is 18.7 Å². The van der Waals surface area contributed by atoms with Crippen molar-refractivity contribution in [1.29, 1.82) is 0 Å². The van der Waals surface area contributed by atoms with Gasteiger partial charge in [0.25, 0.3) is 0 Å². The largest absolute Gasteiger partial charge is 0.497 e. The second-order valence-electron chi connectivity index (χ2n) is 6.41. The average Bonchev–Trinajstić information content (AvgIpc) is 2.74. The molecule has 0 saturated heterocycles. The third kappa shape index (κ3) is 5.51. The summed E-state index contributed by atoms with van der Waals surface area (Å²) >= 11 is 0. The van der Waals surface area contributed by atoms with Crippen LogP contribution in [-0.4, -0.2) is 37.8 Å². The van der Waals surface area contributed by atoms with Gasteiger partial charge in [-0.25, -0.2) is 9.97 Å². The van der Waals surface area contributed by atoms with Gasteiger partial charge >= 0.3 is 0 Å². The summed E-state index contributed by atoms with van der Waals surface area (Å²) < 4.78 is 16.0. The van der Waals surface area contributed by atoms with Gasteiger partial charge in [-0.05, 0) is 43.2 Å². The molecule has 7 nitrogen and oxygen atoms in total. The van der Waals surface area contributed by atoms with Gasteiger partial charge < -0.3 is 24.8 Å². The fraction of sp³-hybridized carbons (Fsp3) is 0.273. The Balaban J connectivity index is 1.68. The molecule has 2 N–H and O–H groups in total. The summed E-state index contributed by atoms with van der Waals surface area (Å²) in [6, 6.07) is 15.5. The van der Waals surface area contributed by atoms with Crippen LogP contribution in [0, 0.1) is 6.92 Å². The molecule has 152 valence electrons. The molecule has 0 fully saturated rings. The number of benzene rings is 2. The van der Waals surface area contributed by atoms with Crippen LogP contribution < -0.4 is 24.8 Å². The van der Waals surface area contributed by atoms with E-state index in [0.29, 0.717) is 17.4 Å². The van der Waals surface area contributed by atoms with Crippen LogP contribution in [-0.2, 0) is 6.42 Å². The molecule has 1 heterocycles. The molecule has 2 aromatic carbocycles. The van der Waals surface area contributed by atoms with Gasteiger partial charge in [0.1, 0.15) is 34.7 Å². The summed E-state index contributed by atoms with van der Waals surface area (Å²) in [7, 11) is 4.92. The summed E-state index contributed by atoms with van der Waals surface area (Å²) in [4.78, 5) is 8.94. The van der Waals surface area contributed by atoms with Gasteiger partial charge in [-0.2, -0.15) is 0 Å². The highest BCUT2D eigenvalue weighted by molar-refractivity contribution is 5.67. The van der Waals surface area contributed by atoms with E-state index < -0.39 is 0 Å². The van der Waals surface area contributed by atoms with Crippen LogP contribution in [0.3, 0.4) is 0 Å². The Kier molecular flexibility index (Phi) is 6.73. The lowest BCUT2D eigenvalue weighted by atomic mass is 10.1. The molecule has 0 aliphatic carbocycles. The number of nitrogens with zero attached hydrogens (tertiary/aromatic N) is 2. The molecule has 7 heteroatoms. The van der Waals surface area contributed by atoms with Crippen molar-refractivity contribution in [3.05, 3.63) is 59.9 Å². The fourth-order valence-corrected chi connectivity index (χ4v) is 2.92. The molecular weight excluding hydrogens is 368 g/mol. The summed E-state index contributed by atoms with van der Waals surface area (Å²) in [5.74, 6) is 4.38. The van der Waals surface area contributed by atoms with Crippen LogP contribution >= 0.6 is 0 Å². The number of hydrogen-bond donors (Lipinski definition) is 2. The number of methoxy groups -OCH3 is 3. The smallest absolute Gasteiger partial charge is 0.146 e. The number of aryl methyl sites for hydroxylation is 1. The fourth-order valence-electron chi connectivity index (χ4n) is 2.92. The topological polar surface area (TPSA) is 77.5 Å². The lowest BCUT2D eigenvalue weighted by Crippen LogP contribution is -2.08. The van der Waals surface area contributed by atoms with E-state index in [0.717, 1.165) is 36.0 Å². The molecule has 0 spiro atoms. The van der Waals surface area contributed by atoms with Gasteiger partial charge in [0.2, 0.25) is 0 Å². The summed E-state index contributed by atoms with van der Waals surface area (Å²) in [5, 5.41) is 6.65. The molecule has 0 bridgehead atoms. The SMILES string of the molecule is COc1cccc(CCNc2cc(Nc3ccc(OC)cc3OC)nc(C)n2)c1. The Morgan fingerprint density at radius 2 is 1.59 bits per heavy atom. The van der Waals surface area contributed by atoms with Crippen molar-refractivity contribution in [3.63, 3.8) is 0 Å². The molecule has 0 radical (unpaired) electrons. The number of anilines is 3. The zero-order chi connectivity index (χ0) is 20.6. The molecule has 3 rings (SSSR count). The van der Waals surface area contributed by atoms with Crippen LogP contribution in [0.15, 0.2) is 48.5 Å². The lowest BCUT2D eigenvalue weighted by Gasteiger charge is -2.13. The Labute approximate surface area is 171 Å². The maximum atomic E-state index is 5.44. The van der Waals surface area contributed by atoms with Gasteiger partial charge in [0.05, 0.1) is 27.0 Å². The molecule has 0 unspecified atom stereocenters. The van der Waals surface area contributed by atoms with E-state index in [1.807, 2.05) is 49.4 Å². The zero-order valence-corrected chi connectivity index (χ0v) is 17.2. The first-order valence-corrected chi connectivity index (χ1v) is 9.33. The van der Waals surface area contributed by atoms with Gasteiger partial charge in [-0.1, -0.05) is 12.1 Å². The Bertz CT molecular complexity index is 963. The molecule has 0 aliphatic heterocycles. The van der Waals surface area contributed by atoms with Crippen LogP contribution in [0.1, 0.15) is 11.4 Å². The number of rotatable bonds is 9. The van der Waals surface area contributed by atoms with Crippen molar-refractivity contribution in [1.82, 2.24) is 9.97 Å². The predicted octanol–water partition coefficient (Wildman–Crippen LogP) is 4.21. The van der Waals surface area contributed by atoms with Gasteiger partial charge in [-0.15, -0.1) is 0 Å². The summed E-state index contributed by atoms with van der Waals surface area (Å²) in [5.41, 5.74) is 2.00. The molecule has 0 amide bonds. The maximum Gasteiger partial charge on any atom is 0.146 e. The van der Waals surface area contributed by atoms with E-state index in [1.54, 1.807) is 21.3 Å². The highest BCUT2D eigenvalue weighted by atomic mass is 16.5. The second-order valence-corrected chi connectivity index (χ2v) is 6.41. The first kappa shape index (κ1) is 20.3. The quantitative estimate of drug-likeness (QED) is 0.563. The third-order valence-electron chi connectivity index (χ3n) is 4.36. The number of ether oxygens (including phenoxy) is 3. The molecule has 0 saturated carbocycles. The zero-order valence-electron chi connectivity index (χ0n) is 17.2. The number of aromatic nitrogens is 2. The third-order valence-corrected chi connectivity index (χ3v) is 4.36. The van der Waals surface area contributed by atoms with Crippen molar-refractivity contribution in [2.24, 2.45) is 0 Å². The average molecular weight is 394 g/mol. The van der Waals surface area contributed by atoms with E-state index in [9.17, 15) is 0 Å². The summed E-state index contributed by atoms with van der Waals surface area (Å²) in [6.45, 7) is 2.61. The standard InChI is InChI=1S/C22H26N4O3/c1-15-24-21(23-11-10-16-6-5-7-17(12-16)27-2)14-22(25-15)26-19-9-8-18(28-3)13-20(19)29-4/h5-9,12-14H,10-11H2,1-4H3,(H2,23,24,25,26). The van der Waals surface area contributed by atoms with Crippen molar-refractivity contribution >= 4 is 17.3 Å². The Morgan fingerprint density at radius 3 is 2.34 bits per heavy atom. The molecule has 29 heavy (non-hydrogen) atoms. The van der Waals surface area contributed by atoms with E-state index in [4.69, 9.17) is 14.2 Å². The molecular formula is C22H26N4O3. The minimum atomic E-state index is 0.673. The van der Waals surface area contributed by atoms with Crippen molar-refractivity contribution in [2.45, 2.75) is 13.3 Å². The van der Waals surface area contributed by atoms with E-state index in [-0.39, 0.29) is 0 Å². The molecule has 0 atom stereocenters. The number of hydrogen-bond acceptors (Lipinski definition) is 7. The van der Waals surface area contributed by atoms with Gasteiger partial charge in [0.15, 0.2) is 0 Å². The van der Waals surface area contributed by atoms with Crippen molar-refractivity contribution < 1.29 is 14.2 Å². The van der Waals surface area contributed by atoms with E-state index in [1.165, 1.54) is 5.56 Å². The van der Waals surface area contributed by atoms with Gasteiger partial charge in [-0.3, -0.25) is 0 Å². The van der Waals surface area contributed by atoms with Crippen LogP contribution in [0.5, 0.6) is 17.2 Å². The van der Waals surface area contributed by atoms with Crippen LogP contribution in [0.25, 0.3) is 0 Å². The highest BCUT2D eigenvalue weighted by Gasteiger charge is 2.08. The second kappa shape index (κ2) is 9.64. The molecule has 0 aliphatic rings.